The van der Waals surface area contributed by atoms with Gasteiger partial charge in [-0.05, 0) is 61.0 Å². The number of carboxylic acids is 1. The van der Waals surface area contributed by atoms with Gasteiger partial charge in [0.25, 0.3) is 0 Å². The van der Waals surface area contributed by atoms with Crippen molar-refractivity contribution in [1.29, 1.82) is 0 Å². The number of halogens is 2. The van der Waals surface area contributed by atoms with E-state index in [1.165, 1.54) is 31.2 Å². The number of aliphatic carboxylic acids is 1. The van der Waals surface area contributed by atoms with Crippen LogP contribution in [0.1, 0.15) is 31.7 Å². The number of hydrogen-bond acceptors (Lipinski definition) is 9. The Morgan fingerprint density at radius 2 is 1.76 bits per heavy atom. The first-order valence-corrected chi connectivity index (χ1v) is 12.4. The Bertz CT molecular complexity index is 1150. The second-order valence-electron chi connectivity index (χ2n) is 7.91. The van der Waals surface area contributed by atoms with Crippen molar-refractivity contribution in [2.75, 3.05) is 6.61 Å². The third kappa shape index (κ3) is 10.7. The summed E-state index contributed by atoms with van der Waals surface area (Å²) < 4.78 is 31.5. The van der Waals surface area contributed by atoms with E-state index in [0.717, 1.165) is 12.1 Å². The summed E-state index contributed by atoms with van der Waals surface area (Å²) in [5, 5.41) is 41.5. The summed E-state index contributed by atoms with van der Waals surface area (Å²) in [4.78, 5) is 23.4. The topological polar surface area (TPSA) is 184 Å². The third-order valence-corrected chi connectivity index (χ3v) is 7.04. The summed E-state index contributed by atoms with van der Waals surface area (Å²) in [7, 11) is -4.55. The van der Waals surface area contributed by atoms with E-state index in [9.17, 15) is 43.7 Å². The van der Waals surface area contributed by atoms with Gasteiger partial charge in [0, 0.05) is 27.3 Å². The Morgan fingerprint density at radius 3 is 2.24 bits per heavy atom. The Kier molecular flexibility index (Phi) is 19.3. The molecule has 0 amide bonds. The predicted molar refractivity (Wildman–Crippen MR) is 126 cm³/mol. The van der Waals surface area contributed by atoms with E-state index in [2.05, 4.69) is 0 Å². The molecule has 0 fully saturated rings. The van der Waals surface area contributed by atoms with Gasteiger partial charge in [0.15, 0.2) is 5.78 Å². The summed E-state index contributed by atoms with van der Waals surface area (Å²) in [6, 6.07) is 2.24. The molecule has 3 atom stereocenters. The molecule has 0 aromatic heterocycles. The number of aliphatic hydroxyl groups is 2. The average molecular weight is 615 g/mol. The number of benzene rings is 1. The molecule has 0 saturated carbocycles. The van der Waals surface area contributed by atoms with Gasteiger partial charge in [0.2, 0.25) is 0 Å². The summed E-state index contributed by atoms with van der Waals surface area (Å²) in [6.45, 7) is 2.54. The van der Waals surface area contributed by atoms with Crippen molar-refractivity contribution >= 4 is 45.8 Å². The second-order valence-corrected chi connectivity index (χ2v) is 10.1. The number of allylic oxidation sites excluding steroid dienone is 5. The minimum atomic E-state index is -4.55. The van der Waals surface area contributed by atoms with Crippen LogP contribution in [0.25, 0.3) is 0 Å². The first-order valence-electron chi connectivity index (χ1n) is 10.1. The molecule has 0 saturated heterocycles. The molecule has 2 rings (SSSR count). The van der Waals surface area contributed by atoms with E-state index in [1.807, 2.05) is 0 Å². The number of carbonyl (C=O) groups is 2. The Morgan fingerprint density at radius 1 is 1.18 bits per heavy atom. The summed E-state index contributed by atoms with van der Waals surface area (Å²) in [5.74, 6) is -4.55. The van der Waals surface area contributed by atoms with Gasteiger partial charge in [-0.1, -0.05) is 58.4 Å². The number of aliphatic hydroxyl groups excluding tert-OH is 2. The van der Waals surface area contributed by atoms with Gasteiger partial charge in [-0.25, -0.2) is 0 Å². The zero-order valence-corrected chi connectivity index (χ0v) is 29.9. The fourth-order valence-electron chi connectivity index (χ4n) is 3.71. The van der Waals surface area contributed by atoms with Gasteiger partial charge in [-0.15, -0.1) is 0 Å². The van der Waals surface area contributed by atoms with Crippen molar-refractivity contribution < 1.29 is 132 Å². The van der Waals surface area contributed by atoms with Crippen molar-refractivity contribution in [1.82, 2.24) is 0 Å². The minimum absolute atomic E-state index is 0. The largest absolute Gasteiger partial charge is 1.00 e. The standard InChI is InChI=1S/C23H25Cl2O9S.3Na/c1-11(10-26)7-13(3-6-18(27)28)19(14-8-12(2)22(29)15(9-14)23(30)31)20-16(24)4-5-17(21(20)25)35(32,33)34;;;/h3-5,7-9,14,18-19,26-27,32-34H,6,10H2,1-2H3,(H,30,31);;;/q-1;3*+1/p-2/b11-7-,13-3+;;;. The molecule has 1 aromatic rings. The molecular weight excluding hydrogens is 592 g/mol. The van der Waals surface area contributed by atoms with Crippen LogP contribution in [0.2, 0.25) is 10.0 Å². The van der Waals surface area contributed by atoms with Gasteiger partial charge < -0.3 is 38.9 Å². The SMILES string of the molecule is CC1=CC(C(C(/C=C(/C)CO)=C/CC([O-])O)c2c(Cl)ccc(S([O-])(O)O)c2Cl)C=C(C(=O)[O-])C1=O.[Na+].[Na+].[Na+]. The van der Waals surface area contributed by atoms with Crippen LogP contribution in [-0.4, -0.2) is 48.5 Å². The van der Waals surface area contributed by atoms with E-state index >= 15 is 0 Å². The van der Waals surface area contributed by atoms with Crippen molar-refractivity contribution in [3.63, 3.8) is 0 Å². The average Bonchev–Trinajstić information content (AvgIpc) is 2.74. The van der Waals surface area contributed by atoms with Gasteiger partial charge in [-0.3, -0.25) is 4.79 Å². The van der Waals surface area contributed by atoms with Crippen molar-refractivity contribution in [2.45, 2.75) is 37.4 Å². The minimum Gasteiger partial charge on any atom is -0.831 e. The van der Waals surface area contributed by atoms with Gasteiger partial charge >= 0.3 is 88.7 Å². The van der Waals surface area contributed by atoms with E-state index < -0.39 is 69.3 Å². The molecule has 3 unspecified atom stereocenters. The maximum atomic E-state index is 12.4. The maximum absolute atomic E-state index is 12.4. The number of carbonyl (C=O) groups excluding carboxylic acids is 2. The molecule has 0 aliphatic heterocycles. The molecule has 0 radical (unpaired) electrons. The molecule has 15 heteroatoms. The quantitative estimate of drug-likeness (QED) is 0.0908. The van der Waals surface area contributed by atoms with E-state index in [-0.39, 0.29) is 110 Å². The van der Waals surface area contributed by atoms with Crippen LogP contribution in [0, 0.1) is 5.92 Å². The number of carboxylic acid groups (broad SMARTS) is 1. The first kappa shape index (κ1) is 41.1. The third-order valence-electron chi connectivity index (χ3n) is 5.27. The first-order chi connectivity index (χ1) is 16.2. The predicted octanol–water partition coefficient (Wildman–Crippen LogP) is -6.92. The number of Topliss-reactive ketones (excluding diaryl/α,β-unsaturated/α-hetero) is 1. The molecule has 0 heterocycles. The van der Waals surface area contributed by atoms with Gasteiger partial charge in [-0.2, -0.15) is 0 Å². The zero-order chi connectivity index (χ0) is 26.7. The Labute approximate surface area is 298 Å². The van der Waals surface area contributed by atoms with Gasteiger partial charge in [0.05, 0.1) is 17.6 Å². The zero-order valence-electron chi connectivity index (χ0n) is 21.6. The van der Waals surface area contributed by atoms with Crippen LogP contribution >= 0.6 is 34.1 Å². The Balaban J connectivity index is 0. The number of rotatable bonds is 9. The number of hydrogen-bond donors (Lipinski definition) is 4. The van der Waals surface area contributed by atoms with Crippen LogP contribution < -0.4 is 98.9 Å². The molecule has 0 bridgehead atoms. The van der Waals surface area contributed by atoms with Crippen LogP contribution in [0.4, 0.5) is 0 Å². The molecule has 4 N–H and O–H groups in total. The maximum Gasteiger partial charge on any atom is 1.00 e. The molecule has 1 aliphatic rings. The summed E-state index contributed by atoms with van der Waals surface area (Å²) in [6.07, 6.45) is 2.89. The molecule has 1 aliphatic carbocycles. The molecule has 1 aromatic carbocycles. The van der Waals surface area contributed by atoms with E-state index in [4.69, 9.17) is 23.2 Å². The van der Waals surface area contributed by atoms with E-state index in [1.54, 1.807) is 6.92 Å². The monoisotopic (exact) mass is 614 g/mol. The van der Waals surface area contributed by atoms with Crippen LogP contribution in [0.5, 0.6) is 0 Å². The summed E-state index contributed by atoms with van der Waals surface area (Å²) >= 11 is 12.8. The molecular formula is C23H23Cl2Na3O9S. The molecule has 38 heavy (non-hydrogen) atoms. The fourth-order valence-corrected chi connectivity index (χ4v) is 5.21. The smallest absolute Gasteiger partial charge is 0.831 e. The molecule has 0 spiro atoms. The van der Waals surface area contributed by atoms with Gasteiger partial charge in [0.1, 0.15) is 0 Å². The van der Waals surface area contributed by atoms with Crippen molar-refractivity contribution in [2.24, 2.45) is 5.92 Å². The van der Waals surface area contributed by atoms with Crippen LogP contribution in [0.3, 0.4) is 0 Å². The summed E-state index contributed by atoms with van der Waals surface area (Å²) in [5.41, 5.74) is 0.0291. The number of ketones is 1. The van der Waals surface area contributed by atoms with Crippen molar-refractivity contribution in [3.8, 4) is 0 Å². The Hall–Kier alpha value is 1.01. The second kappa shape index (κ2) is 17.8. The van der Waals surface area contributed by atoms with Crippen LogP contribution in [0.15, 0.2) is 63.6 Å². The van der Waals surface area contributed by atoms with Crippen molar-refractivity contribution in [3.05, 3.63) is 74.3 Å². The fraction of sp³-hybridized carbons (Fsp3) is 0.304. The normalized spacial score (nSPS) is 18.2. The van der Waals surface area contributed by atoms with Crippen LogP contribution in [-0.2, 0) is 9.59 Å². The molecule has 9 nitrogen and oxygen atoms in total. The van der Waals surface area contributed by atoms with E-state index in [0.29, 0.717) is 5.57 Å². The molecule has 192 valence electrons.